The highest BCUT2D eigenvalue weighted by molar-refractivity contribution is 5.90. The zero-order chi connectivity index (χ0) is 10.8. The Balaban J connectivity index is 2.21. The Hall–Kier alpha value is -1.69. The molecule has 1 fully saturated rings. The van der Waals surface area contributed by atoms with Gasteiger partial charge in [0.2, 0.25) is 5.95 Å². The quantitative estimate of drug-likeness (QED) is 0.660. The Kier molecular flexibility index (Phi) is 2.51. The van der Waals surface area contributed by atoms with Crippen LogP contribution in [0.2, 0.25) is 0 Å². The lowest BCUT2D eigenvalue weighted by Crippen LogP contribution is -2.24. The molecule has 0 saturated carbocycles. The predicted octanol–water partition coefficient (Wildman–Crippen LogP) is -0.854. The Morgan fingerprint density at radius 3 is 3.07 bits per heavy atom. The fourth-order valence-corrected chi connectivity index (χ4v) is 1.56. The van der Waals surface area contributed by atoms with Crippen LogP contribution >= 0.6 is 0 Å². The van der Waals surface area contributed by atoms with Gasteiger partial charge < -0.3 is 15.7 Å². The highest BCUT2D eigenvalue weighted by Crippen LogP contribution is 2.15. The minimum absolute atomic E-state index is 0.196. The summed E-state index contributed by atoms with van der Waals surface area (Å²) < 4.78 is 0. The first-order chi connectivity index (χ1) is 7.16. The summed E-state index contributed by atoms with van der Waals surface area (Å²) in [4.78, 5) is 20.8. The van der Waals surface area contributed by atoms with Crippen molar-refractivity contribution < 1.29 is 9.90 Å². The number of β-amino-alcohol motifs (C(OH)–C–C–N with tert-alkyl or cyclic N) is 1. The van der Waals surface area contributed by atoms with E-state index in [2.05, 4.69) is 9.97 Å². The molecule has 0 bridgehead atoms. The van der Waals surface area contributed by atoms with Crippen LogP contribution in [0, 0.1) is 0 Å². The van der Waals surface area contributed by atoms with Gasteiger partial charge in [-0.05, 0) is 12.5 Å². The summed E-state index contributed by atoms with van der Waals surface area (Å²) in [5.41, 5.74) is 5.31. The van der Waals surface area contributed by atoms with Crippen molar-refractivity contribution in [3.8, 4) is 0 Å². The lowest BCUT2D eigenvalue weighted by molar-refractivity contribution is 0.0995. The molecule has 80 valence electrons. The highest BCUT2D eigenvalue weighted by Gasteiger charge is 2.22. The van der Waals surface area contributed by atoms with Gasteiger partial charge in [0, 0.05) is 19.3 Å². The molecule has 1 aromatic heterocycles. The summed E-state index contributed by atoms with van der Waals surface area (Å²) in [5.74, 6) is -0.124. The van der Waals surface area contributed by atoms with E-state index in [1.165, 1.54) is 12.3 Å². The second-order valence-corrected chi connectivity index (χ2v) is 3.49. The fourth-order valence-electron chi connectivity index (χ4n) is 1.56. The Bertz CT molecular complexity index is 382. The molecule has 0 radical (unpaired) electrons. The molecular formula is C9H12N4O2. The van der Waals surface area contributed by atoms with Gasteiger partial charge in [0.05, 0.1) is 6.10 Å². The molecule has 3 N–H and O–H groups in total. The van der Waals surface area contributed by atoms with E-state index in [0.717, 1.165) is 0 Å². The van der Waals surface area contributed by atoms with E-state index in [0.29, 0.717) is 25.5 Å². The van der Waals surface area contributed by atoms with Crippen molar-refractivity contribution in [2.24, 2.45) is 5.73 Å². The molecule has 0 spiro atoms. The number of carbonyl (C=O) groups is 1. The molecule has 0 unspecified atom stereocenters. The van der Waals surface area contributed by atoms with Gasteiger partial charge in [-0.3, -0.25) is 4.79 Å². The number of carbonyl (C=O) groups excluding carboxylic acids is 1. The molecule has 0 aliphatic carbocycles. The summed E-state index contributed by atoms with van der Waals surface area (Å²) in [6.07, 6.45) is 1.85. The molecule has 1 saturated heterocycles. The second kappa shape index (κ2) is 3.82. The van der Waals surface area contributed by atoms with Crippen LogP contribution in [0.4, 0.5) is 5.95 Å². The summed E-state index contributed by atoms with van der Waals surface area (Å²) in [7, 11) is 0. The molecule has 1 aliphatic heterocycles. The number of hydrogen-bond donors (Lipinski definition) is 2. The van der Waals surface area contributed by atoms with Gasteiger partial charge in [-0.15, -0.1) is 0 Å². The van der Waals surface area contributed by atoms with Crippen molar-refractivity contribution in [2.75, 3.05) is 18.0 Å². The Morgan fingerprint density at radius 2 is 2.47 bits per heavy atom. The average molecular weight is 208 g/mol. The van der Waals surface area contributed by atoms with Gasteiger partial charge in [0.15, 0.2) is 0 Å². The van der Waals surface area contributed by atoms with Gasteiger partial charge in [-0.2, -0.15) is 0 Å². The topological polar surface area (TPSA) is 92.3 Å². The molecule has 6 nitrogen and oxygen atoms in total. The molecule has 6 heteroatoms. The summed E-state index contributed by atoms with van der Waals surface area (Å²) in [6.45, 7) is 1.20. The molecule has 2 rings (SSSR count). The number of anilines is 1. The van der Waals surface area contributed by atoms with Crippen molar-refractivity contribution >= 4 is 11.9 Å². The molecule has 0 aromatic carbocycles. The summed E-state index contributed by atoms with van der Waals surface area (Å²) in [5, 5.41) is 9.35. The van der Waals surface area contributed by atoms with Crippen molar-refractivity contribution in [2.45, 2.75) is 12.5 Å². The van der Waals surface area contributed by atoms with Crippen LogP contribution in [0.25, 0.3) is 0 Å². The number of aromatic nitrogens is 2. The first kappa shape index (κ1) is 9.85. The summed E-state index contributed by atoms with van der Waals surface area (Å²) in [6, 6.07) is 1.47. The smallest absolute Gasteiger partial charge is 0.267 e. The minimum atomic E-state index is -0.571. The zero-order valence-corrected chi connectivity index (χ0v) is 8.13. The third-order valence-electron chi connectivity index (χ3n) is 2.34. The van der Waals surface area contributed by atoms with Gasteiger partial charge in [-0.25, -0.2) is 9.97 Å². The molecule has 1 atom stereocenters. The monoisotopic (exact) mass is 208 g/mol. The SMILES string of the molecule is NC(=O)c1ccnc(N2CC[C@@H](O)C2)n1. The third-order valence-corrected chi connectivity index (χ3v) is 2.34. The normalized spacial score (nSPS) is 20.6. The van der Waals surface area contributed by atoms with Crippen LogP contribution < -0.4 is 10.6 Å². The number of nitrogens with two attached hydrogens (primary N) is 1. The zero-order valence-electron chi connectivity index (χ0n) is 8.13. The van der Waals surface area contributed by atoms with Crippen LogP contribution in [0.15, 0.2) is 12.3 Å². The highest BCUT2D eigenvalue weighted by atomic mass is 16.3. The minimum Gasteiger partial charge on any atom is -0.391 e. The van der Waals surface area contributed by atoms with Crippen molar-refractivity contribution in [1.82, 2.24) is 9.97 Å². The Morgan fingerprint density at radius 1 is 1.67 bits per heavy atom. The summed E-state index contributed by atoms with van der Waals surface area (Å²) >= 11 is 0. The van der Waals surface area contributed by atoms with Crippen LogP contribution in [0.3, 0.4) is 0 Å². The fraction of sp³-hybridized carbons (Fsp3) is 0.444. The maximum atomic E-state index is 10.9. The number of amides is 1. The lowest BCUT2D eigenvalue weighted by Gasteiger charge is -2.14. The van der Waals surface area contributed by atoms with Crippen molar-refractivity contribution in [1.29, 1.82) is 0 Å². The second-order valence-electron chi connectivity index (χ2n) is 3.49. The molecule has 1 aromatic rings. The predicted molar refractivity (Wildman–Crippen MR) is 53.4 cm³/mol. The van der Waals surface area contributed by atoms with E-state index in [9.17, 15) is 9.90 Å². The molecule has 2 heterocycles. The first-order valence-corrected chi connectivity index (χ1v) is 4.72. The number of rotatable bonds is 2. The first-order valence-electron chi connectivity index (χ1n) is 4.72. The third kappa shape index (κ3) is 2.04. The molecule has 15 heavy (non-hydrogen) atoms. The van der Waals surface area contributed by atoms with Crippen LogP contribution in [-0.2, 0) is 0 Å². The van der Waals surface area contributed by atoms with E-state index in [1.807, 2.05) is 4.90 Å². The average Bonchev–Trinajstić information content (AvgIpc) is 2.65. The molecule has 1 aliphatic rings. The molecule has 1 amide bonds. The van der Waals surface area contributed by atoms with Crippen LogP contribution in [-0.4, -0.2) is 40.2 Å². The van der Waals surface area contributed by atoms with E-state index in [-0.39, 0.29) is 11.8 Å². The largest absolute Gasteiger partial charge is 0.391 e. The van der Waals surface area contributed by atoms with Gasteiger partial charge in [0.25, 0.3) is 5.91 Å². The van der Waals surface area contributed by atoms with Crippen molar-refractivity contribution in [3.05, 3.63) is 18.0 Å². The lowest BCUT2D eigenvalue weighted by atomic mass is 10.3. The maximum absolute atomic E-state index is 10.9. The standard InChI is InChI=1S/C9H12N4O2/c10-8(15)7-1-3-11-9(12-7)13-4-2-6(14)5-13/h1,3,6,14H,2,4-5H2,(H2,10,15)/t6-/m1/s1. The number of aliphatic hydroxyl groups is 1. The Labute approximate surface area is 86.7 Å². The molecular weight excluding hydrogens is 196 g/mol. The van der Waals surface area contributed by atoms with Gasteiger partial charge in [0.1, 0.15) is 5.69 Å². The van der Waals surface area contributed by atoms with Gasteiger partial charge in [-0.1, -0.05) is 0 Å². The van der Waals surface area contributed by atoms with Crippen LogP contribution in [0.5, 0.6) is 0 Å². The van der Waals surface area contributed by atoms with Crippen molar-refractivity contribution in [3.63, 3.8) is 0 Å². The number of nitrogens with zero attached hydrogens (tertiary/aromatic N) is 3. The van der Waals surface area contributed by atoms with E-state index >= 15 is 0 Å². The van der Waals surface area contributed by atoms with Gasteiger partial charge >= 0.3 is 0 Å². The number of primary amides is 1. The number of hydrogen-bond acceptors (Lipinski definition) is 5. The van der Waals surface area contributed by atoms with E-state index in [4.69, 9.17) is 5.73 Å². The van der Waals surface area contributed by atoms with Crippen LogP contribution in [0.1, 0.15) is 16.9 Å². The number of aliphatic hydroxyl groups excluding tert-OH is 1. The maximum Gasteiger partial charge on any atom is 0.267 e. The van der Waals surface area contributed by atoms with E-state index in [1.54, 1.807) is 0 Å². The van der Waals surface area contributed by atoms with E-state index < -0.39 is 5.91 Å².